The fraction of sp³-hybridized carbons (Fsp3) is 0.400. The number of aryl methyl sites for hydroxylation is 1. The summed E-state index contributed by atoms with van der Waals surface area (Å²) in [5.74, 6) is 0.551. The van der Waals surface area contributed by atoms with Crippen LogP contribution in [0, 0.1) is 0 Å². The Labute approximate surface area is 155 Å². The summed E-state index contributed by atoms with van der Waals surface area (Å²) in [5.41, 5.74) is 0.960. The Morgan fingerprint density at radius 3 is 2.23 bits per heavy atom. The largest absolute Gasteiger partial charge is 0.508 e. The molecule has 0 aromatic heterocycles. The third-order valence-corrected chi connectivity index (χ3v) is 5.06. The third kappa shape index (κ3) is 6.35. The molecular formula is C20H26O5S. The minimum absolute atomic E-state index is 0.0849. The number of rotatable bonds is 10. The van der Waals surface area contributed by atoms with E-state index < -0.39 is 10.1 Å². The molecule has 142 valence electrons. The van der Waals surface area contributed by atoms with Crippen molar-refractivity contribution < 1.29 is 22.8 Å². The summed E-state index contributed by atoms with van der Waals surface area (Å²) in [6.45, 7) is 2.19. The maximum absolute atomic E-state index is 11.6. The molecule has 26 heavy (non-hydrogen) atoms. The van der Waals surface area contributed by atoms with Crippen molar-refractivity contribution in [3.05, 3.63) is 48.0 Å². The fourth-order valence-electron chi connectivity index (χ4n) is 2.75. The molecule has 0 fully saturated rings. The van der Waals surface area contributed by atoms with Gasteiger partial charge < -0.3 is 9.84 Å². The normalized spacial score (nSPS) is 11.5. The molecule has 0 saturated carbocycles. The minimum atomic E-state index is -4.39. The van der Waals surface area contributed by atoms with Crippen LogP contribution in [0.2, 0.25) is 0 Å². The second-order valence-corrected chi connectivity index (χ2v) is 7.76. The molecular weight excluding hydrogens is 352 g/mol. The van der Waals surface area contributed by atoms with Crippen LogP contribution >= 0.6 is 0 Å². The van der Waals surface area contributed by atoms with Gasteiger partial charge in [0.2, 0.25) is 0 Å². The van der Waals surface area contributed by atoms with Gasteiger partial charge in [-0.05, 0) is 54.8 Å². The Balaban J connectivity index is 2.11. The van der Waals surface area contributed by atoms with Crippen LogP contribution in [-0.2, 0) is 16.5 Å². The predicted molar refractivity (Wildman–Crippen MR) is 102 cm³/mol. The van der Waals surface area contributed by atoms with Crippen LogP contribution in [0.15, 0.2) is 47.4 Å². The molecule has 2 N–H and O–H groups in total. The first-order valence-electron chi connectivity index (χ1n) is 8.97. The van der Waals surface area contributed by atoms with Gasteiger partial charge in [0.1, 0.15) is 22.1 Å². The molecule has 2 rings (SSSR count). The molecule has 2 aromatic carbocycles. The second kappa shape index (κ2) is 9.59. The lowest BCUT2D eigenvalue weighted by Crippen LogP contribution is -2.02. The lowest BCUT2D eigenvalue weighted by Gasteiger charge is -2.12. The molecule has 0 saturated heterocycles. The van der Waals surface area contributed by atoms with Crippen molar-refractivity contribution in [2.24, 2.45) is 0 Å². The number of phenolic OH excluding ortho intramolecular Hbond substituents is 1. The Bertz CT molecular complexity index is 797. The van der Waals surface area contributed by atoms with Crippen LogP contribution < -0.4 is 4.74 Å². The third-order valence-electron chi connectivity index (χ3n) is 4.17. The zero-order valence-corrected chi connectivity index (χ0v) is 15.8. The highest BCUT2D eigenvalue weighted by molar-refractivity contribution is 7.86. The molecule has 0 heterocycles. The second-order valence-electron chi connectivity index (χ2n) is 6.37. The fourth-order valence-corrected chi connectivity index (χ4v) is 3.35. The first-order chi connectivity index (χ1) is 12.4. The van der Waals surface area contributed by atoms with Gasteiger partial charge in [0.05, 0.1) is 0 Å². The molecule has 6 heteroatoms. The van der Waals surface area contributed by atoms with E-state index in [-0.39, 0.29) is 16.4 Å². The van der Waals surface area contributed by atoms with E-state index in [9.17, 15) is 18.1 Å². The quantitative estimate of drug-likeness (QED) is 0.431. The average Bonchev–Trinajstić information content (AvgIpc) is 2.59. The summed E-state index contributed by atoms with van der Waals surface area (Å²) in [6, 6.07) is 10.7. The topological polar surface area (TPSA) is 83.8 Å². The molecule has 0 spiro atoms. The van der Waals surface area contributed by atoms with Gasteiger partial charge in [-0.2, -0.15) is 8.42 Å². The Kier molecular flexibility index (Phi) is 7.48. The number of unbranched alkanes of at least 4 members (excludes halogenated alkanes) is 5. The van der Waals surface area contributed by atoms with Crippen molar-refractivity contribution in [2.75, 3.05) is 0 Å². The van der Waals surface area contributed by atoms with Gasteiger partial charge in [-0.15, -0.1) is 0 Å². The molecule has 0 atom stereocenters. The van der Waals surface area contributed by atoms with Crippen LogP contribution in [0.5, 0.6) is 17.2 Å². The van der Waals surface area contributed by atoms with Crippen LogP contribution in [0.25, 0.3) is 0 Å². The molecule has 0 unspecified atom stereocenters. The van der Waals surface area contributed by atoms with Crippen molar-refractivity contribution in [2.45, 2.75) is 56.8 Å². The Morgan fingerprint density at radius 1 is 0.923 bits per heavy atom. The maximum atomic E-state index is 11.6. The zero-order valence-electron chi connectivity index (χ0n) is 15.0. The zero-order chi connectivity index (χ0) is 19.0. The molecule has 0 aliphatic carbocycles. The van der Waals surface area contributed by atoms with Crippen molar-refractivity contribution >= 4 is 10.1 Å². The van der Waals surface area contributed by atoms with Crippen molar-refractivity contribution in [1.29, 1.82) is 0 Å². The first kappa shape index (κ1) is 20.3. The van der Waals surface area contributed by atoms with Crippen molar-refractivity contribution in [3.8, 4) is 17.2 Å². The molecule has 0 aliphatic rings. The molecule has 0 aliphatic heterocycles. The highest BCUT2D eigenvalue weighted by Crippen LogP contribution is 2.31. The monoisotopic (exact) mass is 378 g/mol. The number of phenols is 1. The summed E-state index contributed by atoms with van der Waals surface area (Å²) in [6.07, 6.45) is 7.90. The van der Waals surface area contributed by atoms with E-state index in [0.717, 1.165) is 24.8 Å². The van der Waals surface area contributed by atoms with Crippen LogP contribution in [-0.4, -0.2) is 18.1 Å². The standard InChI is InChI=1S/C20H26O5S/c1-2-3-4-5-6-7-8-16-9-14-20(26(22,23)24)19(15-16)25-18-12-10-17(21)11-13-18/h9-15,21H,2-8H2,1H3,(H,22,23,24). The lowest BCUT2D eigenvalue weighted by atomic mass is 10.0. The van der Waals surface area contributed by atoms with Crippen LogP contribution in [0.1, 0.15) is 51.0 Å². The van der Waals surface area contributed by atoms with Crippen LogP contribution in [0.3, 0.4) is 0 Å². The van der Waals surface area contributed by atoms with Crippen molar-refractivity contribution in [3.63, 3.8) is 0 Å². The smallest absolute Gasteiger partial charge is 0.298 e. The van der Waals surface area contributed by atoms with E-state index in [1.807, 2.05) is 0 Å². The summed E-state index contributed by atoms with van der Waals surface area (Å²) in [5, 5.41) is 9.33. The van der Waals surface area contributed by atoms with Crippen molar-refractivity contribution in [1.82, 2.24) is 0 Å². The highest BCUT2D eigenvalue weighted by atomic mass is 32.2. The van der Waals surface area contributed by atoms with E-state index in [4.69, 9.17) is 4.74 Å². The maximum Gasteiger partial charge on any atom is 0.298 e. The number of hydrogen-bond acceptors (Lipinski definition) is 4. The molecule has 2 aromatic rings. The predicted octanol–water partition coefficient (Wildman–Crippen LogP) is 5.33. The molecule has 0 bridgehead atoms. The number of benzene rings is 2. The SMILES string of the molecule is CCCCCCCCc1ccc(S(=O)(=O)O)c(Oc2ccc(O)cc2)c1. The number of hydrogen-bond donors (Lipinski definition) is 2. The van der Waals surface area contributed by atoms with E-state index in [1.165, 1.54) is 56.0 Å². The molecule has 0 radical (unpaired) electrons. The van der Waals surface area contributed by atoms with Gasteiger partial charge in [-0.25, -0.2) is 0 Å². The average molecular weight is 378 g/mol. The number of ether oxygens (including phenoxy) is 1. The molecule has 5 nitrogen and oxygen atoms in total. The van der Waals surface area contributed by atoms with Gasteiger partial charge in [-0.1, -0.05) is 45.1 Å². The summed E-state index contributed by atoms with van der Waals surface area (Å²) >= 11 is 0. The summed E-state index contributed by atoms with van der Waals surface area (Å²) in [4.78, 5) is -0.266. The number of aromatic hydroxyl groups is 1. The lowest BCUT2D eigenvalue weighted by molar-refractivity contribution is 0.445. The first-order valence-corrected chi connectivity index (χ1v) is 10.4. The Hall–Kier alpha value is -2.05. The highest BCUT2D eigenvalue weighted by Gasteiger charge is 2.18. The van der Waals surface area contributed by atoms with Gasteiger partial charge in [-0.3, -0.25) is 4.55 Å². The minimum Gasteiger partial charge on any atom is -0.508 e. The Morgan fingerprint density at radius 2 is 1.58 bits per heavy atom. The summed E-state index contributed by atoms with van der Waals surface area (Å²) in [7, 11) is -4.39. The van der Waals surface area contributed by atoms with Gasteiger partial charge in [0.25, 0.3) is 10.1 Å². The van der Waals surface area contributed by atoms with E-state index >= 15 is 0 Å². The van der Waals surface area contributed by atoms with Crippen LogP contribution in [0.4, 0.5) is 0 Å². The van der Waals surface area contributed by atoms with Gasteiger partial charge in [0.15, 0.2) is 0 Å². The molecule has 0 amide bonds. The van der Waals surface area contributed by atoms with E-state index in [2.05, 4.69) is 6.92 Å². The summed E-state index contributed by atoms with van der Waals surface area (Å²) < 4.78 is 38.3. The van der Waals surface area contributed by atoms with E-state index in [0.29, 0.717) is 5.75 Å². The van der Waals surface area contributed by atoms with Gasteiger partial charge in [0, 0.05) is 0 Å². The van der Waals surface area contributed by atoms with E-state index in [1.54, 1.807) is 12.1 Å². The van der Waals surface area contributed by atoms with Gasteiger partial charge >= 0.3 is 0 Å².